The number of para-hydroxylation sites is 1. The van der Waals surface area contributed by atoms with Gasteiger partial charge in [-0.2, -0.15) is 0 Å². The molecule has 1 aromatic carbocycles. The summed E-state index contributed by atoms with van der Waals surface area (Å²) in [6, 6.07) is 7.67. The largest absolute Gasteiger partial charge is 0.424 e. The molecule has 9 nitrogen and oxygen atoms in total. The van der Waals surface area contributed by atoms with Crippen LogP contribution in [-0.2, 0) is 9.13 Å². The zero-order valence-corrected chi connectivity index (χ0v) is 11.5. The van der Waals surface area contributed by atoms with Crippen LogP contribution in [0.5, 0.6) is 5.75 Å². The predicted molar refractivity (Wildman–Crippen MR) is 68.9 cm³/mol. The number of rotatable bonds is 4. The lowest BCUT2D eigenvalue weighted by atomic mass is 10.3. The lowest BCUT2D eigenvalue weighted by molar-refractivity contribution is 0.360. The standard InChI is InChI=1S/C7H10O6P2.3H3N/c8-14(9,10)6-15(11,12)13-7-4-2-1-3-5-7;;;/h1-5H,6H2,(H,11,12)(H2,8,9,10);3*1H3. The first-order chi connectivity index (χ1) is 6.79. The predicted octanol–water partition coefficient (Wildman–Crippen LogP) is 1.87. The maximum absolute atomic E-state index is 11.2. The molecule has 0 aromatic heterocycles. The van der Waals surface area contributed by atoms with Crippen LogP contribution >= 0.6 is 15.2 Å². The van der Waals surface area contributed by atoms with Gasteiger partial charge in [-0.05, 0) is 12.1 Å². The van der Waals surface area contributed by atoms with Gasteiger partial charge in [0.25, 0.3) is 0 Å². The molecule has 18 heavy (non-hydrogen) atoms. The third-order valence-electron chi connectivity index (χ3n) is 1.35. The van der Waals surface area contributed by atoms with Crippen LogP contribution < -0.4 is 23.0 Å². The Kier molecular flexibility index (Phi) is 10.4. The quantitative estimate of drug-likeness (QED) is 0.447. The van der Waals surface area contributed by atoms with Crippen molar-refractivity contribution in [1.82, 2.24) is 18.5 Å². The van der Waals surface area contributed by atoms with E-state index in [4.69, 9.17) is 14.7 Å². The Morgan fingerprint density at radius 3 is 1.78 bits per heavy atom. The Labute approximate surface area is 105 Å². The van der Waals surface area contributed by atoms with E-state index in [2.05, 4.69) is 4.52 Å². The zero-order valence-electron chi connectivity index (χ0n) is 9.68. The molecule has 0 saturated heterocycles. The smallest absolute Gasteiger partial charge is 0.388 e. The molecule has 1 unspecified atom stereocenters. The fourth-order valence-electron chi connectivity index (χ4n) is 0.908. The molecular weight excluding hydrogens is 284 g/mol. The number of hydrogen-bond acceptors (Lipinski definition) is 6. The van der Waals surface area contributed by atoms with Crippen LogP contribution in [-0.4, -0.2) is 20.6 Å². The van der Waals surface area contributed by atoms with Crippen molar-refractivity contribution in [2.45, 2.75) is 0 Å². The van der Waals surface area contributed by atoms with Gasteiger partial charge in [0.05, 0.1) is 0 Å². The van der Waals surface area contributed by atoms with Gasteiger partial charge in [0.1, 0.15) is 5.75 Å². The highest BCUT2D eigenvalue weighted by Crippen LogP contribution is 2.54. The Morgan fingerprint density at radius 1 is 0.944 bits per heavy atom. The highest BCUT2D eigenvalue weighted by Gasteiger charge is 2.31. The Hall–Kier alpha value is -0.760. The van der Waals surface area contributed by atoms with Crippen LogP contribution in [0.15, 0.2) is 30.3 Å². The fourth-order valence-corrected chi connectivity index (χ4v) is 3.45. The van der Waals surface area contributed by atoms with Crippen LogP contribution in [0.1, 0.15) is 0 Å². The van der Waals surface area contributed by atoms with Crippen molar-refractivity contribution < 1.29 is 28.3 Å². The van der Waals surface area contributed by atoms with Crippen molar-refractivity contribution in [2.24, 2.45) is 0 Å². The van der Waals surface area contributed by atoms with E-state index in [9.17, 15) is 9.13 Å². The summed E-state index contributed by atoms with van der Waals surface area (Å²) in [6.07, 6.45) is 0. The second kappa shape index (κ2) is 8.36. The van der Waals surface area contributed by atoms with Crippen molar-refractivity contribution in [3.63, 3.8) is 0 Å². The summed E-state index contributed by atoms with van der Waals surface area (Å²) in [5.41, 5.74) is 0. The second-order valence-corrected chi connectivity index (χ2v) is 6.77. The van der Waals surface area contributed by atoms with Crippen LogP contribution in [0.4, 0.5) is 0 Å². The lowest BCUT2D eigenvalue weighted by Crippen LogP contribution is -1.97. The maximum Gasteiger partial charge on any atom is 0.388 e. The van der Waals surface area contributed by atoms with Crippen molar-refractivity contribution in [1.29, 1.82) is 0 Å². The van der Waals surface area contributed by atoms with E-state index in [-0.39, 0.29) is 24.2 Å². The molecule has 1 aromatic rings. The normalized spacial score (nSPS) is 13.1. The first kappa shape index (κ1) is 22.4. The topological polar surface area (TPSA) is 209 Å². The molecule has 1 rings (SSSR count). The molecule has 108 valence electrons. The van der Waals surface area contributed by atoms with Crippen LogP contribution in [0.25, 0.3) is 0 Å². The lowest BCUT2D eigenvalue weighted by Gasteiger charge is -2.13. The molecule has 0 aliphatic carbocycles. The van der Waals surface area contributed by atoms with Gasteiger partial charge in [0.15, 0.2) is 5.90 Å². The molecule has 0 fully saturated rings. The molecular formula is C7H19N3O6P2. The Balaban J connectivity index is -0.000000750. The zero-order chi connectivity index (χ0) is 11.5. The summed E-state index contributed by atoms with van der Waals surface area (Å²) in [5, 5.41) is 0. The van der Waals surface area contributed by atoms with Crippen LogP contribution in [0.2, 0.25) is 0 Å². The summed E-state index contributed by atoms with van der Waals surface area (Å²) in [7, 11) is -8.86. The first-order valence-electron chi connectivity index (χ1n) is 3.89. The molecule has 1 atom stereocenters. The molecule has 0 saturated carbocycles. The van der Waals surface area contributed by atoms with Crippen molar-refractivity contribution in [2.75, 3.05) is 5.90 Å². The third kappa shape index (κ3) is 9.29. The maximum atomic E-state index is 11.2. The van der Waals surface area contributed by atoms with Gasteiger partial charge in [-0.1, -0.05) is 18.2 Å². The van der Waals surface area contributed by atoms with E-state index >= 15 is 0 Å². The van der Waals surface area contributed by atoms with Gasteiger partial charge in [0.2, 0.25) is 0 Å². The number of benzene rings is 1. The van der Waals surface area contributed by atoms with Crippen molar-refractivity contribution >= 4 is 15.2 Å². The molecule has 0 heterocycles. The molecule has 0 aliphatic heterocycles. The molecule has 0 spiro atoms. The van der Waals surface area contributed by atoms with Crippen LogP contribution in [0, 0.1) is 0 Å². The van der Waals surface area contributed by atoms with Gasteiger partial charge in [-0.25, -0.2) is 4.57 Å². The van der Waals surface area contributed by atoms with Gasteiger partial charge >= 0.3 is 15.2 Å². The average Bonchev–Trinajstić information content (AvgIpc) is 1.99. The highest BCUT2D eigenvalue weighted by atomic mass is 31.2. The summed E-state index contributed by atoms with van der Waals surface area (Å²) < 4.78 is 26.4. The first-order valence-corrected chi connectivity index (χ1v) is 7.46. The SMILES string of the molecule is N.N.N.O=P(O)(O)CP(=O)(O)Oc1ccccc1. The molecule has 12 N–H and O–H groups in total. The van der Waals surface area contributed by atoms with E-state index in [1.54, 1.807) is 18.2 Å². The summed E-state index contributed by atoms with van der Waals surface area (Å²) in [6.45, 7) is 0. The highest BCUT2D eigenvalue weighted by molar-refractivity contribution is 7.70. The van der Waals surface area contributed by atoms with Crippen LogP contribution in [0.3, 0.4) is 0 Å². The third-order valence-corrected chi connectivity index (χ3v) is 4.75. The Bertz CT molecular complexity index is 422. The van der Waals surface area contributed by atoms with Gasteiger partial charge in [0, 0.05) is 0 Å². The number of hydrogen-bond donors (Lipinski definition) is 6. The van der Waals surface area contributed by atoms with E-state index in [1.807, 2.05) is 0 Å². The van der Waals surface area contributed by atoms with E-state index in [1.165, 1.54) is 12.1 Å². The van der Waals surface area contributed by atoms with Gasteiger partial charge in [-0.15, -0.1) is 0 Å². The van der Waals surface area contributed by atoms with E-state index in [0.717, 1.165) is 0 Å². The summed E-state index contributed by atoms with van der Waals surface area (Å²) in [5.74, 6) is -1.09. The summed E-state index contributed by atoms with van der Waals surface area (Å²) >= 11 is 0. The van der Waals surface area contributed by atoms with Gasteiger partial charge in [-0.3, -0.25) is 4.57 Å². The minimum Gasteiger partial charge on any atom is -0.424 e. The Morgan fingerprint density at radius 2 is 1.39 bits per heavy atom. The molecule has 0 radical (unpaired) electrons. The van der Waals surface area contributed by atoms with Crippen molar-refractivity contribution in [3.8, 4) is 5.75 Å². The van der Waals surface area contributed by atoms with Crippen molar-refractivity contribution in [3.05, 3.63) is 30.3 Å². The molecule has 0 aliphatic rings. The van der Waals surface area contributed by atoms with Gasteiger partial charge < -0.3 is 37.7 Å². The minimum atomic E-state index is -4.56. The average molecular weight is 303 g/mol. The second-order valence-electron chi connectivity index (χ2n) is 2.85. The monoisotopic (exact) mass is 303 g/mol. The fraction of sp³-hybridized carbons (Fsp3) is 0.143. The minimum absolute atomic E-state index is 0. The molecule has 11 heteroatoms. The summed E-state index contributed by atoms with van der Waals surface area (Å²) in [4.78, 5) is 26.2. The van der Waals surface area contributed by atoms with E-state index < -0.39 is 21.1 Å². The molecule has 0 amide bonds. The van der Waals surface area contributed by atoms with E-state index in [0.29, 0.717) is 0 Å². The molecule has 0 bridgehead atoms.